The highest BCUT2D eigenvalue weighted by Crippen LogP contribution is 2.38. The Kier molecular flexibility index (Phi) is 4.66. The van der Waals surface area contributed by atoms with Crippen molar-refractivity contribution >= 4 is 38.7 Å². The fraction of sp³-hybridized carbons (Fsp3) is 0.111. The summed E-state index contributed by atoms with van der Waals surface area (Å²) >= 11 is 3.44. The first-order valence-electron chi connectivity index (χ1n) is 7.24. The number of phenolic OH excluding ortho intramolecular Hbond substituents is 2. The quantitative estimate of drug-likeness (QED) is 0.515. The molecule has 0 saturated heterocycles. The standard InChI is InChI=1S/C18H15BrN2O3/c1-24-16-5-4-11(9-13(16)19)6-8-20-14-10-15(22)12-3-2-7-21-17(12)18(14)23/h2-5,7-10,22-23H,6H2,1H3. The molecule has 0 aliphatic heterocycles. The lowest BCUT2D eigenvalue weighted by Gasteiger charge is -2.06. The van der Waals surface area contributed by atoms with Crippen molar-refractivity contribution in [1.82, 2.24) is 4.98 Å². The normalized spacial score (nSPS) is 11.2. The number of aromatic nitrogens is 1. The number of benzene rings is 2. The predicted octanol–water partition coefficient (Wildman–Crippen LogP) is 4.36. The van der Waals surface area contributed by atoms with Crippen molar-refractivity contribution in [3.05, 3.63) is 52.6 Å². The molecule has 0 amide bonds. The van der Waals surface area contributed by atoms with Crippen LogP contribution in [0.1, 0.15) is 5.56 Å². The van der Waals surface area contributed by atoms with Crippen molar-refractivity contribution < 1.29 is 14.9 Å². The highest BCUT2D eigenvalue weighted by molar-refractivity contribution is 9.10. The Morgan fingerprint density at radius 1 is 1.25 bits per heavy atom. The van der Waals surface area contributed by atoms with Crippen LogP contribution in [-0.4, -0.2) is 28.5 Å². The van der Waals surface area contributed by atoms with Crippen molar-refractivity contribution in [3.8, 4) is 17.2 Å². The number of fused-ring (bicyclic) bond motifs is 1. The Morgan fingerprint density at radius 3 is 2.83 bits per heavy atom. The molecule has 0 unspecified atom stereocenters. The first-order valence-corrected chi connectivity index (χ1v) is 8.04. The van der Waals surface area contributed by atoms with Crippen LogP contribution in [0.3, 0.4) is 0 Å². The van der Waals surface area contributed by atoms with Gasteiger partial charge in [0.05, 0.1) is 11.6 Å². The van der Waals surface area contributed by atoms with Gasteiger partial charge in [-0.3, -0.25) is 9.98 Å². The minimum atomic E-state index is -0.0458. The highest BCUT2D eigenvalue weighted by atomic mass is 79.9. The predicted molar refractivity (Wildman–Crippen MR) is 97.6 cm³/mol. The molecule has 0 spiro atoms. The maximum atomic E-state index is 10.3. The molecule has 3 rings (SSSR count). The molecule has 1 heterocycles. The van der Waals surface area contributed by atoms with Gasteiger partial charge in [0.25, 0.3) is 0 Å². The van der Waals surface area contributed by atoms with Crippen LogP contribution in [0.2, 0.25) is 0 Å². The Hall–Kier alpha value is -2.60. The number of ether oxygens (including phenoxy) is 1. The summed E-state index contributed by atoms with van der Waals surface area (Å²) in [6.45, 7) is 0. The lowest BCUT2D eigenvalue weighted by atomic mass is 10.1. The molecule has 24 heavy (non-hydrogen) atoms. The summed E-state index contributed by atoms with van der Waals surface area (Å²) in [6, 6.07) is 10.6. The third-order valence-corrected chi connectivity index (χ3v) is 4.22. The van der Waals surface area contributed by atoms with Crippen LogP contribution in [0.5, 0.6) is 17.2 Å². The molecule has 0 aliphatic carbocycles. The molecule has 1 aromatic heterocycles. The molecule has 6 heteroatoms. The number of halogens is 1. The third kappa shape index (κ3) is 3.19. The molecule has 122 valence electrons. The number of aliphatic imine (C=N–C) groups is 1. The van der Waals surface area contributed by atoms with Crippen LogP contribution in [-0.2, 0) is 6.42 Å². The van der Waals surface area contributed by atoms with Crippen molar-refractivity contribution in [2.45, 2.75) is 6.42 Å². The van der Waals surface area contributed by atoms with E-state index in [0.29, 0.717) is 17.3 Å². The van der Waals surface area contributed by atoms with Gasteiger partial charge in [-0.05, 0) is 45.8 Å². The zero-order valence-electron chi connectivity index (χ0n) is 12.9. The fourth-order valence-corrected chi connectivity index (χ4v) is 2.97. The molecule has 0 atom stereocenters. The number of pyridine rings is 1. The largest absolute Gasteiger partial charge is 0.507 e. The summed E-state index contributed by atoms with van der Waals surface area (Å²) in [4.78, 5) is 8.36. The molecule has 0 fully saturated rings. The van der Waals surface area contributed by atoms with Crippen LogP contribution in [0, 0.1) is 0 Å². The zero-order chi connectivity index (χ0) is 17.1. The number of hydrogen-bond donors (Lipinski definition) is 2. The zero-order valence-corrected chi connectivity index (χ0v) is 14.5. The van der Waals surface area contributed by atoms with Crippen molar-refractivity contribution in [2.24, 2.45) is 4.99 Å². The van der Waals surface area contributed by atoms with E-state index in [9.17, 15) is 10.2 Å². The highest BCUT2D eigenvalue weighted by Gasteiger charge is 2.10. The minimum absolute atomic E-state index is 0.0373. The second-order valence-corrected chi connectivity index (χ2v) is 6.00. The molecule has 0 aliphatic rings. The number of phenols is 2. The second kappa shape index (κ2) is 6.88. The number of methoxy groups -OCH3 is 1. The lowest BCUT2D eigenvalue weighted by molar-refractivity contribution is 0.412. The Balaban J connectivity index is 1.86. The summed E-state index contributed by atoms with van der Waals surface area (Å²) in [7, 11) is 1.62. The SMILES string of the molecule is COc1ccc(CC=Nc2cc(O)c3cccnc3c2O)cc1Br. The van der Waals surface area contributed by atoms with Crippen LogP contribution < -0.4 is 4.74 Å². The van der Waals surface area contributed by atoms with E-state index < -0.39 is 0 Å². The number of aromatic hydroxyl groups is 2. The van der Waals surface area contributed by atoms with E-state index in [-0.39, 0.29) is 17.2 Å². The Labute approximate surface area is 147 Å². The molecule has 5 nitrogen and oxygen atoms in total. The van der Waals surface area contributed by atoms with Crippen molar-refractivity contribution in [3.63, 3.8) is 0 Å². The number of hydrogen-bond acceptors (Lipinski definition) is 5. The van der Waals surface area contributed by atoms with Gasteiger partial charge >= 0.3 is 0 Å². The average molecular weight is 387 g/mol. The van der Waals surface area contributed by atoms with Crippen molar-refractivity contribution in [2.75, 3.05) is 7.11 Å². The molecule has 0 saturated carbocycles. The third-order valence-electron chi connectivity index (χ3n) is 3.60. The van der Waals surface area contributed by atoms with Crippen LogP contribution in [0.4, 0.5) is 5.69 Å². The summed E-state index contributed by atoms with van der Waals surface area (Å²) in [5.74, 6) is 0.754. The van der Waals surface area contributed by atoms with E-state index in [1.807, 2.05) is 18.2 Å². The van der Waals surface area contributed by atoms with Gasteiger partial charge in [0.1, 0.15) is 22.7 Å². The maximum absolute atomic E-state index is 10.3. The molecule has 0 radical (unpaired) electrons. The first-order chi connectivity index (χ1) is 11.6. The van der Waals surface area contributed by atoms with E-state index in [2.05, 4.69) is 25.9 Å². The molecule has 2 N–H and O–H groups in total. The summed E-state index contributed by atoms with van der Waals surface area (Å²) < 4.78 is 6.06. The van der Waals surface area contributed by atoms with Gasteiger partial charge < -0.3 is 14.9 Å². The van der Waals surface area contributed by atoms with Gasteiger partial charge in [-0.25, -0.2) is 0 Å². The van der Waals surface area contributed by atoms with Gasteiger partial charge in [0.15, 0.2) is 5.75 Å². The maximum Gasteiger partial charge on any atom is 0.168 e. The van der Waals surface area contributed by atoms with Crippen LogP contribution in [0.15, 0.2) is 52.1 Å². The van der Waals surface area contributed by atoms with E-state index in [0.717, 1.165) is 15.8 Å². The van der Waals surface area contributed by atoms with Gasteiger partial charge in [-0.2, -0.15) is 0 Å². The first kappa shape index (κ1) is 16.3. The average Bonchev–Trinajstić information content (AvgIpc) is 2.59. The summed E-state index contributed by atoms with van der Waals surface area (Å²) in [6.07, 6.45) is 3.81. The smallest absolute Gasteiger partial charge is 0.168 e. The lowest BCUT2D eigenvalue weighted by Crippen LogP contribution is -1.89. The second-order valence-electron chi connectivity index (χ2n) is 5.15. The van der Waals surface area contributed by atoms with E-state index in [4.69, 9.17) is 4.74 Å². The Morgan fingerprint density at radius 2 is 2.08 bits per heavy atom. The monoisotopic (exact) mass is 386 g/mol. The summed E-state index contributed by atoms with van der Waals surface area (Å²) in [5, 5.41) is 20.8. The van der Waals surface area contributed by atoms with Crippen molar-refractivity contribution in [1.29, 1.82) is 0 Å². The molecule has 0 bridgehead atoms. The summed E-state index contributed by atoms with van der Waals surface area (Å²) in [5.41, 5.74) is 1.65. The van der Waals surface area contributed by atoms with Gasteiger partial charge in [-0.1, -0.05) is 6.07 Å². The molecular formula is C18H15BrN2O3. The molecule has 3 aromatic rings. The molecule has 2 aromatic carbocycles. The van der Waals surface area contributed by atoms with E-state index >= 15 is 0 Å². The van der Waals surface area contributed by atoms with Crippen LogP contribution in [0.25, 0.3) is 10.9 Å². The minimum Gasteiger partial charge on any atom is -0.507 e. The molecular weight excluding hydrogens is 372 g/mol. The number of rotatable bonds is 4. The van der Waals surface area contributed by atoms with Gasteiger partial charge in [0.2, 0.25) is 0 Å². The fourth-order valence-electron chi connectivity index (χ4n) is 2.38. The Bertz CT molecular complexity index is 926. The number of nitrogens with zero attached hydrogens (tertiary/aromatic N) is 2. The van der Waals surface area contributed by atoms with Gasteiger partial charge in [0, 0.05) is 30.3 Å². The van der Waals surface area contributed by atoms with Gasteiger partial charge in [-0.15, -0.1) is 0 Å². The van der Waals surface area contributed by atoms with E-state index in [1.165, 1.54) is 6.07 Å². The van der Waals surface area contributed by atoms with Crippen LogP contribution >= 0.6 is 15.9 Å². The topological polar surface area (TPSA) is 74.9 Å². The van der Waals surface area contributed by atoms with E-state index in [1.54, 1.807) is 31.7 Å².